The minimum Gasteiger partial charge on any atom is -0.288 e. The van der Waals surface area contributed by atoms with E-state index in [-0.39, 0.29) is 16.4 Å². The molecule has 0 aliphatic carbocycles. The molecule has 0 atom stereocenters. The lowest BCUT2D eigenvalue weighted by Gasteiger charge is -2.16. The first-order chi connectivity index (χ1) is 14.7. The van der Waals surface area contributed by atoms with Gasteiger partial charge in [-0.05, 0) is 23.9 Å². The van der Waals surface area contributed by atoms with Gasteiger partial charge in [-0.25, -0.2) is 5.01 Å². The molecule has 6 heteroatoms. The van der Waals surface area contributed by atoms with Gasteiger partial charge in [-0.15, -0.1) is 0 Å². The van der Waals surface area contributed by atoms with Crippen LogP contribution in [0.1, 0.15) is 20.7 Å². The molecule has 3 aromatic rings. The number of hydrogen-bond donors (Lipinski definition) is 0. The Morgan fingerprint density at radius 3 is 1.90 bits per heavy atom. The second-order valence-corrected chi connectivity index (χ2v) is 7.31. The maximum Gasteiger partial charge on any atom is 0.220 e. The number of nitrogens with zero attached hydrogens (tertiary/aromatic N) is 3. The normalized spacial score (nSPS) is 14.6. The number of carbonyl (C=O) groups excluding carboxylic acids is 2. The number of nitriles is 1. The molecule has 30 heavy (non-hydrogen) atoms. The summed E-state index contributed by atoms with van der Waals surface area (Å²) in [4.78, 5) is 26.0. The highest BCUT2D eigenvalue weighted by Crippen LogP contribution is 2.38. The molecule has 144 valence electrons. The van der Waals surface area contributed by atoms with Gasteiger partial charge in [0.2, 0.25) is 11.6 Å². The van der Waals surface area contributed by atoms with E-state index in [9.17, 15) is 14.9 Å². The number of carbonyl (C=O) groups is 2. The molecule has 0 amide bonds. The molecule has 1 heterocycles. The van der Waals surface area contributed by atoms with Crippen LogP contribution in [0.3, 0.4) is 0 Å². The van der Waals surface area contributed by atoms with Crippen LogP contribution in [0.5, 0.6) is 0 Å². The third-order valence-electron chi connectivity index (χ3n) is 4.40. The van der Waals surface area contributed by atoms with Gasteiger partial charge in [0.05, 0.1) is 5.69 Å². The number of thioether (sulfide) groups is 1. The fourth-order valence-corrected chi connectivity index (χ4v) is 3.92. The molecule has 0 aromatic heterocycles. The van der Waals surface area contributed by atoms with Gasteiger partial charge in [-0.1, -0.05) is 78.9 Å². The Hall–Kier alpha value is -3.95. The quantitative estimate of drug-likeness (QED) is 0.335. The van der Waals surface area contributed by atoms with E-state index in [1.807, 2.05) is 42.5 Å². The lowest BCUT2D eigenvalue weighted by atomic mass is 10.1. The van der Waals surface area contributed by atoms with Crippen LogP contribution in [-0.2, 0) is 0 Å². The van der Waals surface area contributed by atoms with Crippen molar-refractivity contribution in [3.63, 3.8) is 0 Å². The highest BCUT2D eigenvalue weighted by molar-refractivity contribution is 8.19. The van der Waals surface area contributed by atoms with Gasteiger partial charge >= 0.3 is 0 Å². The van der Waals surface area contributed by atoms with Crippen LogP contribution in [-0.4, -0.2) is 16.6 Å². The molecule has 1 aliphatic rings. The molecule has 5 nitrogen and oxygen atoms in total. The number of Topliss-reactive ketones (excluding diaryl/α,β-unsaturated/α-hetero) is 2. The summed E-state index contributed by atoms with van der Waals surface area (Å²) in [5, 5.41) is 16.3. The fraction of sp³-hybridized carbons (Fsp3) is 0. The van der Waals surface area contributed by atoms with Crippen LogP contribution in [0.15, 0.2) is 107 Å². The summed E-state index contributed by atoms with van der Waals surface area (Å²) in [6.45, 7) is 0. The third kappa shape index (κ3) is 3.79. The lowest BCUT2D eigenvalue weighted by molar-refractivity contribution is 0.103. The van der Waals surface area contributed by atoms with Gasteiger partial charge in [-0.2, -0.15) is 10.4 Å². The van der Waals surface area contributed by atoms with E-state index < -0.39 is 5.78 Å². The van der Waals surface area contributed by atoms with Crippen LogP contribution in [0.2, 0.25) is 0 Å². The number of rotatable bonds is 5. The van der Waals surface area contributed by atoms with E-state index in [0.29, 0.717) is 21.8 Å². The average molecular weight is 409 g/mol. The molecule has 3 aromatic carbocycles. The number of hydrazone groups is 1. The Kier molecular flexibility index (Phi) is 5.55. The van der Waals surface area contributed by atoms with Gasteiger partial charge in [0.15, 0.2) is 5.04 Å². The topological polar surface area (TPSA) is 73.5 Å². The largest absolute Gasteiger partial charge is 0.288 e. The lowest BCUT2D eigenvalue weighted by Crippen LogP contribution is -2.15. The minimum atomic E-state index is -0.412. The standard InChI is InChI=1S/C24H15N3O2S/c25-16-20(21(28)17-10-4-1-5-11-17)24-27(19-14-8-3-9-15-19)26-23(30-24)22(29)18-12-6-2-7-13-18/h1-15H/b24-20-. The van der Waals surface area contributed by atoms with Crippen LogP contribution in [0.4, 0.5) is 5.69 Å². The number of allylic oxidation sites excluding steroid dienone is 1. The van der Waals surface area contributed by atoms with E-state index in [4.69, 9.17) is 0 Å². The zero-order chi connectivity index (χ0) is 20.9. The highest BCUT2D eigenvalue weighted by Gasteiger charge is 2.33. The second-order valence-electron chi connectivity index (χ2n) is 6.34. The van der Waals surface area contributed by atoms with Crippen LogP contribution in [0.25, 0.3) is 0 Å². The summed E-state index contributed by atoms with van der Waals surface area (Å²) in [5.74, 6) is -0.675. The SMILES string of the molecule is N#C/C(C(=O)c1ccccc1)=C1/SC(C(=O)c2ccccc2)=NN1c1ccccc1. The van der Waals surface area contributed by atoms with E-state index in [2.05, 4.69) is 5.10 Å². The Morgan fingerprint density at radius 1 is 0.800 bits per heavy atom. The maximum atomic E-state index is 13.0. The van der Waals surface area contributed by atoms with Crippen molar-refractivity contribution in [2.45, 2.75) is 0 Å². The van der Waals surface area contributed by atoms with E-state index >= 15 is 0 Å². The van der Waals surface area contributed by atoms with Crippen molar-refractivity contribution in [3.05, 3.63) is 113 Å². The average Bonchev–Trinajstić information content (AvgIpc) is 3.26. The molecule has 4 rings (SSSR count). The molecule has 0 N–H and O–H groups in total. The second kappa shape index (κ2) is 8.60. The van der Waals surface area contributed by atoms with Crippen molar-refractivity contribution in [2.24, 2.45) is 5.10 Å². The van der Waals surface area contributed by atoms with E-state index in [1.54, 1.807) is 54.6 Å². The monoisotopic (exact) mass is 409 g/mol. The first-order valence-corrected chi connectivity index (χ1v) is 9.96. The van der Waals surface area contributed by atoms with Crippen LogP contribution >= 0.6 is 11.8 Å². The van der Waals surface area contributed by atoms with Crippen LogP contribution in [0, 0.1) is 11.3 Å². The summed E-state index contributed by atoms with van der Waals surface area (Å²) < 4.78 is 0. The molecule has 0 unspecified atom stereocenters. The van der Waals surface area contributed by atoms with Gasteiger partial charge < -0.3 is 0 Å². The van der Waals surface area contributed by atoms with E-state index in [0.717, 1.165) is 11.8 Å². The predicted octanol–water partition coefficient (Wildman–Crippen LogP) is 5.05. The summed E-state index contributed by atoms with van der Waals surface area (Å²) >= 11 is 1.03. The van der Waals surface area contributed by atoms with Crippen molar-refractivity contribution in [3.8, 4) is 6.07 Å². The molecular weight excluding hydrogens is 394 g/mol. The zero-order valence-electron chi connectivity index (χ0n) is 15.7. The molecule has 1 aliphatic heterocycles. The summed E-state index contributed by atoms with van der Waals surface area (Å²) in [6, 6.07) is 28.5. The Balaban J connectivity index is 1.80. The summed E-state index contributed by atoms with van der Waals surface area (Å²) in [5.41, 5.74) is 1.49. The number of para-hydroxylation sites is 1. The Bertz CT molecular complexity index is 1200. The molecular formula is C24H15N3O2S. The number of anilines is 1. The molecule has 0 fully saturated rings. The number of hydrogen-bond acceptors (Lipinski definition) is 6. The van der Waals surface area contributed by atoms with Gasteiger partial charge in [0.25, 0.3) is 0 Å². The zero-order valence-corrected chi connectivity index (χ0v) is 16.5. The molecule has 0 spiro atoms. The third-order valence-corrected chi connectivity index (χ3v) is 5.43. The summed E-state index contributed by atoms with van der Waals surface area (Å²) in [7, 11) is 0. The highest BCUT2D eigenvalue weighted by atomic mass is 32.2. The van der Waals surface area contributed by atoms with Crippen molar-refractivity contribution in [2.75, 3.05) is 5.01 Å². The molecule has 0 bridgehead atoms. The summed E-state index contributed by atoms with van der Waals surface area (Å²) in [6.07, 6.45) is 0. The van der Waals surface area contributed by atoms with Gasteiger partial charge in [0, 0.05) is 11.1 Å². The van der Waals surface area contributed by atoms with Crippen molar-refractivity contribution >= 4 is 34.1 Å². The van der Waals surface area contributed by atoms with Gasteiger partial charge in [-0.3, -0.25) is 9.59 Å². The van der Waals surface area contributed by atoms with E-state index in [1.165, 1.54) is 5.01 Å². The Morgan fingerprint density at radius 2 is 1.33 bits per heavy atom. The first kappa shape index (κ1) is 19.4. The first-order valence-electron chi connectivity index (χ1n) is 9.14. The smallest absolute Gasteiger partial charge is 0.220 e. The van der Waals surface area contributed by atoms with Gasteiger partial charge in [0.1, 0.15) is 16.7 Å². The number of benzene rings is 3. The Labute approximate surface area is 178 Å². The number of ketones is 2. The van der Waals surface area contributed by atoms with Crippen molar-refractivity contribution in [1.82, 2.24) is 0 Å². The predicted molar refractivity (Wildman–Crippen MR) is 118 cm³/mol. The minimum absolute atomic E-state index is 0.0605. The fourth-order valence-electron chi connectivity index (χ4n) is 2.93. The molecule has 0 saturated heterocycles. The molecule has 0 saturated carbocycles. The van der Waals surface area contributed by atoms with Crippen molar-refractivity contribution in [1.29, 1.82) is 5.26 Å². The van der Waals surface area contributed by atoms with Crippen LogP contribution < -0.4 is 5.01 Å². The molecule has 0 radical (unpaired) electrons. The maximum absolute atomic E-state index is 13.0. The van der Waals surface area contributed by atoms with Crippen molar-refractivity contribution < 1.29 is 9.59 Å².